The zero-order valence-corrected chi connectivity index (χ0v) is 15.9. The highest BCUT2D eigenvalue weighted by Gasteiger charge is 2.45. The van der Waals surface area contributed by atoms with Crippen molar-refractivity contribution in [2.24, 2.45) is 0 Å². The summed E-state index contributed by atoms with van der Waals surface area (Å²) >= 11 is 0. The van der Waals surface area contributed by atoms with E-state index in [4.69, 9.17) is 8.94 Å². The highest BCUT2D eigenvalue weighted by Crippen LogP contribution is 2.40. The Morgan fingerprint density at radius 1 is 1.17 bits per heavy atom. The molecular weight excluding hydrogens is 370 g/mol. The Hall–Kier alpha value is -3.74. The Morgan fingerprint density at radius 2 is 2.03 bits per heavy atom. The van der Waals surface area contributed by atoms with Crippen molar-refractivity contribution < 1.29 is 13.7 Å². The van der Waals surface area contributed by atoms with Gasteiger partial charge in [-0.15, -0.1) is 0 Å². The number of aryl methyl sites for hydroxylation is 2. The Labute approximate surface area is 165 Å². The van der Waals surface area contributed by atoms with E-state index in [0.717, 1.165) is 12.0 Å². The summed E-state index contributed by atoms with van der Waals surface area (Å²) in [6.45, 7) is 3.76. The molecule has 1 atom stereocenters. The van der Waals surface area contributed by atoms with Gasteiger partial charge in [-0.2, -0.15) is 0 Å². The van der Waals surface area contributed by atoms with Gasteiger partial charge in [-0.3, -0.25) is 19.5 Å². The van der Waals surface area contributed by atoms with Crippen molar-refractivity contribution in [3.05, 3.63) is 87.2 Å². The number of carbonyl (C=O) groups is 1. The second-order valence-corrected chi connectivity index (χ2v) is 7.02. The lowest BCUT2D eigenvalue weighted by molar-refractivity contribution is 0.0969. The van der Waals surface area contributed by atoms with Crippen LogP contribution in [0.3, 0.4) is 0 Å². The van der Waals surface area contributed by atoms with Gasteiger partial charge in [0.2, 0.25) is 5.76 Å². The molecule has 0 radical (unpaired) electrons. The molecule has 5 rings (SSSR count). The molecule has 0 aliphatic carbocycles. The molecule has 0 fully saturated rings. The lowest BCUT2D eigenvalue weighted by Crippen LogP contribution is -2.29. The van der Waals surface area contributed by atoms with Gasteiger partial charge >= 0.3 is 0 Å². The van der Waals surface area contributed by atoms with Crippen molar-refractivity contribution in [1.29, 1.82) is 0 Å². The van der Waals surface area contributed by atoms with Gasteiger partial charge in [-0.05, 0) is 42.7 Å². The summed E-state index contributed by atoms with van der Waals surface area (Å²) < 4.78 is 11.1. The molecule has 1 amide bonds. The van der Waals surface area contributed by atoms with Crippen molar-refractivity contribution >= 4 is 22.7 Å². The molecule has 4 heterocycles. The lowest BCUT2D eigenvalue weighted by Gasteiger charge is -2.21. The number of aromatic nitrogens is 2. The highest BCUT2D eigenvalue weighted by atomic mass is 16.5. The Morgan fingerprint density at radius 3 is 2.72 bits per heavy atom. The van der Waals surface area contributed by atoms with Crippen LogP contribution in [0.1, 0.15) is 46.0 Å². The van der Waals surface area contributed by atoms with Crippen LogP contribution in [0.5, 0.6) is 0 Å². The maximum Gasteiger partial charge on any atom is 0.296 e. The molecule has 1 aliphatic heterocycles. The van der Waals surface area contributed by atoms with E-state index < -0.39 is 11.9 Å². The second kappa shape index (κ2) is 6.41. The van der Waals surface area contributed by atoms with Crippen LogP contribution in [0.15, 0.2) is 62.5 Å². The van der Waals surface area contributed by atoms with E-state index >= 15 is 0 Å². The number of rotatable bonds is 3. The molecule has 3 aromatic heterocycles. The summed E-state index contributed by atoms with van der Waals surface area (Å²) in [6.07, 6.45) is 4.07. The number of hydrogen-bond acceptors (Lipinski definition) is 6. The minimum Gasteiger partial charge on any atom is -0.450 e. The average Bonchev–Trinajstić information content (AvgIpc) is 3.30. The van der Waals surface area contributed by atoms with Crippen LogP contribution in [-0.4, -0.2) is 16.0 Å². The maximum atomic E-state index is 13.5. The first-order chi connectivity index (χ1) is 14.1. The average molecular weight is 387 g/mol. The number of carbonyl (C=O) groups excluding carboxylic acids is 1. The fraction of sp³-hybridized carbons (Fsp3) is 0.182. The first kappa shape index (κ1) is 17.4. The summed E-state index contributed by atoms with van der Waals surface area (Å²) in [5.41, 5.74) is 2.18. The third-order valence-corrected chi connectivity index (χ3v) is 5.21. The van der Waals surface area contributed by atoms with Gasteiger partial charge in [0, 0.05) is 18.5 Å². The molecule has 1 unspecified atom stereocenters. The smallest absolute Gasteiger partial charge is 0.296 e. The molecule has 7 nitrogen and oxygen atoms in total. The molecule has 1 aliphatic rings. The summed E-state index contributed by atoms with van der Waals surface area (Å²) in [6, 6.07) is 10.0. The molecule has 0 N–H and O–H groups in total. The van der Waals surface area contributed by atoms with Gasteiger partial charge in [0.05, 0.1) is 17.0 Å². The van der Waals surface area contributed by atoms with Gasteiger partial charge in [0.1, 0.15) is 11.3 Å². The van der Waals surface area contributed by atoms with Crippen molar-refractivity contribution in [1.82, 2.24) is 10.1 Å². The predicted octanol–water partition coefficient (Wildman–Crippen LogP) is 3.80. The molecule has 29 heavy (non-hydrogen) atoms. The van der Waals surface area contributed by atoms with Crippen molar-refractivity contribution in [2.45, 2.75) is 26.3 Å². The van der Waals surface area contributed by atoms with Crippen molar-refractivity contribution in [2.75, 3.05) is 4.90 Å². The van der Waals surface area contributed by atoms with E-state index in [9.17, 15) is 9.59 Å². The van der Waals surface area contributed by atoms with E-state index in [-0.39, 0.29) is 11.2 Å². The lowest BCUT2D eigenvalue weighted by atomic mass is 9.99. The van der Waals surface area contributed by atoms with Crippen molar-refractivity contribution in [3.8, 4) is 0 Å². The standard InChI is InChI=1S/C22H17N3O4/c1-3-13-6-7-16-15(10-13)20(26)18-19(14-5-4-8-23-11-14)25(22(27)21(18)28-16)17-9-12(2)29-24-17/h4-11,19H,3H2,1-2H3. The summed E-state index contributed by atoms with van der Waals surface area (Å²) in [7, 11) is 0. The van der Waals surface area contributed by atoms with Crippen LogP contribution in [0.4, 0.5) is 5.82 Å². The molecular formula is C22H17N3O4. The molecule has 0 saturated carbocycles. The number of nitrogens with zero attached hydrogens (tertiary/aromatic N) is 3. The molecule has 1 aromatic carbocycles. The fourth-order valence-corrected chi connectivity index (χ4v) is 3.80. The predicted molar refractivity (Wildman–Crippen MR) is 106 cm³/mol. The summed E-state index contributed by atoms with van der Waals surface area (Å²) in [4.78, 5) is 32.4. The van der Waals surface area contributed by atoms with Gasteiger partial charge < -0.3 is 8.94 Å². The highest BCUT2D eigenvalue weighted by molar-refractivity contribution is 6.10. The van der Waals surface area contributed by atoms with Crippen LogP contribution in [0.25, 0.3) is 11.0 Å². The van der Waals surface area contributed by atoms with Crippen LogP contribution in [0.2, 0.25) is 0 Å². The number of fused-ring (bicyclic) bond motifs is 2. The van der Waals surface area contributed by atoms with Crippen LogP contribution in [-0.2, 0) is 6.42 Å². The molecule has 144 valence electrons. The number of pyridine rings is 1. The Balaban J connectivity index is 1.82. The normalized spacial score (nSPS) is 15.9. The molecule has 7 heteroatoms. The topological polar surface area (TPSA) is 89.4 Å². The third kappa shape index (κ3) is 2.58. The zero-order chi connectivity index (χ0) is 20.1. The van der Waals surface area contributed by atoms with Gasteiger partial charge in [0.15, 0.2) is 11.2 Å². The quantitative estimate of drug-likeness (QED) is 0.531. The minimum absolute atomic E-state index is 0.0289. The number of amides is 1. The Bertz CT molecular complexity index is 1310. The summed E-state index contributed by atoms with van der Waals surface area (Å²) in [5.74, 6) is 0.484. The minimum atomic E-state index is -0.693. The summed E-state index contributed by atoms with van der Waals surface area (Å²) in [5, 5.41) is 4.46. The number of benzene rings is 1. The van der Waals surface area contributed by atoms with E-state index in [1.807, 2.05) is 25.1 Å². The largest absolute Gasteiger partial charge is 0.450 e. The van der Waals surface area contributed by atoms with Gasteiger partial charge in [-0.25, -0.2) is 0 Å². The molecule has 0 bridgehead atoms. The van der Waals surface area contributed by atoms with Crippen LogP contribution in [0, 0.1) is 6.92 Å². The molecule has 0 spiro atoms. The van der Waals surface area contributed by atoms with Crippen molar-refractivity contribution in [3.63, 3.8) is 0 Å². The van der Waals surface area contributed by atoms with Crippen LogP contribution >= 0.6 is 0 Å². The molecule has 4 aromatic rings. The first-order valence-electron chi connectivity index (χ1n) is 9.35. The first-order valence-corrected chi connectivity index (χ1v) is 9.35. The third-order valence-electron chi connectivity index (χ3n) is 5.21. The van der Waals surface area contributed by atoms with E-state index in [0.29, 0.717) is 33.7 Å². The SMILES string of the molecule is CCc1ccc2oc3c(c(=O)c2c1)C(c1cccnc1)N(c1cc(C)on1)C3=O. The second-order valence-electron chi connectivity index (χ2n) is 7.02. The van der Waals surface area contributed by atoms with E-state index in [1.165, 1.54) is 4.90 Å². The van der Waals surface area contributed by atoms with E-state index in [2.05, 4.69) is 10.1 Å². The van der Waals surface area contributed by atoms with Gasteiger partial charge in [-0.1, -0.05) is 24.2 Å². The Kier molecular flexibility index (Phi) is 3.84. The molecule has 0 saturated heterocycles. The maximum absolute atomic E-state index is 13.5. The van der Waals surface area contributed by atoms with Crippen LogP contribution < -0.4 is 10.3 Å². The monoisotopic (exact) mass is 387 g/mol. The van der Waals surface area contributed by atoms with E-state index in [1.54, 1.807) is 37.5 Å². The zero-order valence-electron chi connectivity index (χ0n) is 15.9. The number of hydrogen-bond donors (Lipinski definition) is 0. The fourth-order valence-electron chi connectivity index (χ4n) is 3.80. The van der Waals surface area contributed by atoms with Gasteiger partial charge in [0.25, 0.3) is 5.91 Å². The number of anilines is 1.